The van der Waals surface area contributed by atoms with Crippen LogP contribution >= 0.6 is 12.6 Å². The summed E-state index contributed by atoms with van der Waals surface area (Å²) in [6.45, 7) is 3.02. The van der Waals surface area contributed by atoms with Crippen molar-refractivity contribution in [1.29, 1.82) is 0 Å². The average Bonchev–Trinajstić information content (AvgIpc) is 2.45. The van der Waals surface area contributed by atoms with Gasteiger partial charge in [-0.1, -0.05) is 55.1 Å². The standard InChI is InChI=1S/C14H10.C3H4O2S/c1-2-6-12-10-14-8-4-3-7-13(14)9-11(12)5-1;1-2(6)3(4)5/h1-10H;6H,1H2,(H,4,5). The van der Waals surface area contributed by atoms with E-state index in [2.05, 4.69) is 79.9 Å². The molecule has 0 fully saturated rings. The summed E-state index contributed by atoms with van der Waals surface area (Å²) in [7, 11) is 0. The van der Waals surface area contributed by atoms with Crippen LogP contribution in [0.5, 0.6) is 0 Å². The molecule has 0 saturated carbocycles. The molecule has 0 unspecified atom stereocenters. The third kappa shape index (κ3) is 3.39. The number of fused-ring (bicyclic) bond motifs is 2. The van der Waals surface area contributed by atoms with E-state index in [4.69, 9.17) is 5.11 Å². The van der Waals surface area contributed by atoms with Crippen molar-refractivity contribution < 1.29 is 9.90 Å². The molecule has 0 aliphatic rings. The number of carboxylic acids is 1. The van der Waals surface area contributed by atoms with Gasteiger partial charge in [-0.05, 0) is 33.7 Å². The number of rotatable bonds is 1. The lowest BCUT2D eigenvalue weighted by Crippen LogP contribution is -1.89. The van der Waals surface area contributed by atoms with Crippen molar-refractivity contribution >= 4 is 40.1 Å². The smallest absolute Gasteiger partial charge is 0.341 e. The molecule has 20 heavy (non-hydrogen) atoms. The largest absolute Gasteiger partial charge is 0.477 e. The van der Waals surface area contributed by atoms with Gasteiger partial charge in [0.2, 0.25) is 0 Å². The molecule has 0 aliphatic heterocycles. The highest BCUT2D eigenvalue weighted by atomic mass is 32.1. The topological polar surface area (TPSA) is 37.3 Å². The Labute approximate surface area is 122 Å². The lowest BCUT2D eigenvalue weighted by atomic mass is 10.0. The molecule has 0 aliphatic carbocycles. The minimum atomic E-state index is -1.07. The van der Waals surface area contributed by atoms with E-state index in [1.54, 1.807) is 0 Å². The van der Waals surface area contributed by atoms with E-state index in [0.29, 0.717) is 0 Å². The maximum atomic E-state index is 9.52. The molecule has 3 heteroatoms. The van der Waals surface area contributed by atoms with Gasteiger partial charge in [-0.3, -0.25) is 0 Å². The minimum absolute atomic E-state index is 0.130. The first-order valence-corrected chi connectivity index (χ1v) is 6.51. The van der Waals surface area contributed by atoms with Gasteiger partial charge in [0.05, 0.1) is 4.91 Å². The summed E-state index contributed by atoms with van der Waals surface area (Å²) in [4.78, 5) is 9.39. The molecule has 0 amide bonds. The number of carbonyl (C=O) groups is 1. The second-order valence-corrected chi connectivity index (χ2v) is 4.84. The summed E-state index contributed by atoms with van der Waals surface area (Å²) in [5.41, 5.74) is 0. The van der Waals surface area contributed by atoms with Gasteiger partial charge in [0.15, 0.2) is 0 Å². The minimum Gasteiger partial charge on any atom is -0.477 e. The Morgan fingerprint density at radius 2 is 1.10 bits per heavy atom. The van der Waals surface area contributed by atoms with Crippen molar-refractivity contribution in [2.24, 2.45) is 0 Å². The summed E-state index contributed by atoms with van der Waals surface area (Å²) in [6, 6.07) is 21.4. The Balaban J connectivity index is 0.000000212. The van der Waals surface area contributed by atoms with Crippen molar-refractivity contribution in [1.82, 2.24) is 0 Å². The zero-order chi connectivity index (χ0) is 14.5. The molecule has 2 nitrogen and oxygen atoms in total. The molecule has 100 valence electrons. The monoisotopic (exact) mass is 282 g/mol. The molecule has 1 N–H and O–H groups in total. The van der Waals surface area contributed by atoms with E-state index in [1.165, 1.54) is 21.5 Å². The molecule has 3 rings (SSSR count). The third-order valence-electron chi connectivity index (χ3n) is 2.86. The van der Waals surface area contributed by atoms with Crippen molar-refractivity contribution in [3.05, 3.63) is 72.1 Å². The van der Waals surface area contributed by atoms with Crippen molar-refractivity contribution in [3.63, 3.8) is 0 Å². The van der Waals surface area contributed by atoms with Gasteiger partial charge in [-0.2, -0.15) is 0 Å². The number of aliphatic carboxylic acids is 1. The Kier molecular flexibility index (Phi) is 4.43. The molecule has 0 saturated heterocycles. The first kappa shape index (κ1) is 14.2. The number of carboxylic acid groups (broad SMARTS) is 1. The van der Waals surface area contributed by atoms with Crippen molar-refractivity contribution in [2.45, 2.75) is 0 Å². The van der Waals surface area contributed by atoms with Crippen LogP contribution in [0.3, 0.4) is 0 Å². The Morgan fingerprint density at radius 1 is 0.850 bits per heavy atom. The second kappa shape index (κ2) is 6.26. The van der Waals surface area contributed by atoms with E-state index < -0.39 is 5.97 Å². The summed E-state index contributed by atoms with van der Waals surface area (Å²) in [5.74, 6) is -1.07. The van der Waals surface area contributed by atoms with Crippen molar-refractivity contribution in [2.75, 3.05) is 0 Å². The summed E-state index contributed by atoms with van der Waals surface area (Å²) < 4.78 is 0. The third-order valence-corrected chi connectivity index (χ3v) is 3.05. The predicted octanol–water partition coefficient (Wildman–Crippen LogP) is 4.51. The van der Waals surface area contributed by atoms with Crippen LogP contribution in [0, 0.1) is 0 Å². The van der Waals surface area contributed by atoms with Gasteiger partial charge >= 0.3 is 5.97 Å². The van der Waals surface area contributed by atoms with Crippen LogP contribution in [-0.4, -0.2) is 11.1 Å². The maximum absolute atomic E-state index is 9.52. The van der Waals surface area contributed by atoms with Gasteiger partial charge in [0.1, 0.15) is 0 Å². The van der Waals surface area contributed by atoms with Crippen LogP contribution < -0.4 is 0 Å². The highest BCUT2D eigenvalue weighted by molar-refractivity contribution is 7.85. The first-order valence-electron chi connectivity index (χ1n) is 6.06. The van der Waals surface area contributed by atoms with Crippen LogP contribution in [0.15, 0.2) is 72.1 Å². The Morgan fingerprint density at radius 3 is 1.30 bits per heavy atom. The van der Waals surface area contributed by atoms with Gasteiger partial charge < -0.3 is 5.11 Å². The first-order chi connectivity index (χ1) is 9.58. The Hall–Kier alpha value is -2.26. The molecule has 3 aromatic rings. The molecule has 0 aromatic heterocycles. The van der Waals surface area contributed by atoms with E-state index >= 15 is 0 Å². The number of thiol groups is 1. The molecular weight excluding hydrogens is 268 g/mol. The molecular formula is C17H14O2S. The fourth-order valence-electron chi connectivity index (χ4n) is 1.88. The van der Waals surface area contributed by atoms with Crippen LogP contribution in [0.1, 0.15) is 0 Å². The summed E-state index contributed by atoms with van der Waals surface area (Å²) in [6.07, 6.45) is 0. The van der Waals surface area contributed by atoms with Crippen LogP contribution in [0.25, 0.3) is 21.5 Å². The number of benzene rings is 3. The van der Waals surface area contributed by atoms with Crippen LogP contribution in [-0.2, 0) is 4.79 Å². The fourth-order valence-corrected chi connectivity index (χ4v) is 1.88. The fraction of sp³-hybridized carbons (Fsp3) is 0. The van der Waals surface area contributed by atoms with E-state index in [9.17, 15) is 4.79 Å². The summed E-state index contributed by atoms with van der Waals surface area (Å²) in [5, 5.41) is 13.1. The predicted molar refractivity (Wildman–Crippen MR) is 87.2 cm³/mol. The zero-order valence-electron chi connectivity index (χ0n) is 10.8. The zero-order valence-corrected chi connectivity index (χ0v) is 11.7. The normalized spacial score (nSPS) is 9.85. The lowest BCUT2D eigenvalue weighted by molar-refractivity contribution is -0.131. The number of hydrogen-bond donors (Lipinski definition) is 2. The molecule has 0 radical (unpaired) electrons. The molecule has 0 spiro atoms. The van der Waals surface area contributed by atoms with Crippen LogP contribution in [0.2, 0.25) is 0 Å². The van der Waals surface area contributed by atoms with E-state index in [1.807, 2.05) is 0 Å². The second-order valence-electron chi connectivity index (χ2n) is 4.30. The lowest BCUT2D eigenvalue weighted by Gasteiger charge is -2.00. The van der Waals surface area contributed by atoms with Crippen LogP contribution in [0.4, 0.5) is 0 Å². The highest BCUT2D eigenvalue weighted by Crippen LogP contribution is 2.21. The SMILES string of the molecule is C=C(S)C(=O)O.c1ccc2cc3ccccc3cc2c1. The van der Waals surface area contributed by atoms with Crippen molar-refractivity contribution in [3.8, 4) is 0 Å². The van der Waals surface area contributed by atoms with Gasteiger partial charge in [-0.25, -0.2) is 4.79 Å². The average molecular weight is 282 g/mol. The maximum Gasteiger partial charge on any atom is 0.341 e. The molecule has 3 aromatic carbocycles. The van der Waals surface area contributed by atoms with Gasteiger partial charge in [0.25, 0.3) is 0 Å². The quantitative estimate of drug-likeness (QED) is 0.391. The molecule has 0 bridgehead atoms. The summed E-state index contributed by atoms with van der Waals surface area (Å²) >= 11 is 3.40. The van der Waals surface area contributed by atoms with Gasteiger partial charge in [0, 0.05) is 0 Å². The molecule has 0 heterocycles. The Bertz CT molecular complexity index is 661. The molecule has 0 atom stereocenters. The highest BCUT2D eigenvalue weighted by Gasteiger charge is 1.95. The number of hydrogen-bond acceptors (Lipinski definition) is 2. The van der Waals surface area contributed by atoms with E-state index in [0.717, 1.165) is 0 Å². The van der Waals surface area contributed by atoms with Gasteiger partial charge in [-0.15, -0.1) is 12.6 Å². The van der Waals surface area contributed by atoms with E-state index in [-0.39, 0.29) is 4.91 Å².